The minimum Gasteiger partial charge on any atom is -0.500 e. The molecule has 0 fully saturated rings. The topological polar surface area (TPSA) is 38.9 Å². The molecule has 45 heavy (non-hydrogen) atoms. The van der Waals surface area contributed by atoms with Crippen LogP contribution >= 0.6 is 0 Å². The summed E-state index contributed by atoms with van der Waals surface area (Å²) in [7, 11) is 0. The first-order valence-corrected chi connectivity index (χ1v) is 14.8. The first-order chi connectivity index (χ1) is 21.6. The Labute approximate surface area is 277 Å². The molecule has 0 amide bonds. The van der Waals surface area contributed by atoms with Crippen LogP contribution in [0.4, 0.5) is 0 Å². The summed E-state index contributed by atoms with van der Waals surface area (Å²) in [4.78, 5) is 8.96. The van der Waals surface area contributed by atoms with Gasteiger partial charge >= 0.3 is 0 Å². The average molecular weight is 759 g/mol. The smallest absolute Gasteiger partial charge is 0.128 e. The van der Waals surface area contributed by atoms with E-state index in [0.29, 0.717) is 0 Å². The quantitative estimate of drug-likeness (QED) is 0.168. The van der Waals surface area contributed by atoms with Crippen LogP contribution in [-0.2, 0) is 26.5 Å². The summed E-state index contributed by atoms with van der Waals surface area (Å²) >= 11 is 0. The molecule has 0 aliphatic heterocycles. The Balaban J connectivity index is 0.000000201. The van der Waals surface area contributed by atoms with Gasteiger partial charge in [-0.1, -0.05) is 97.2 Å². The van der Waals surface area contributed by atoms with Crippen molar-refractivity contribution in [1.29, 1.82) is 0 Å². The van der Waals surface area contributed by atoms with Crippen molar-refractivity contribution in [2.45, 2.75) is 20.3 Å². The van der Waals surface area contributed by atoms with Gasteiger partial charge in [-0.15, -0.1) is 59.2 Å². The molecule has 0 saturated carbocycles. The maximum absolute atomic E-state index is 6.21. The second-order valence-electron chi connectivity index (χ2n) is 11.1. The summed E-state index contributed by atoms with van der Waals surface area (Å²) in [6.07, 6.45) is 4.65. The number of furan rings is 1. The monoisotopic (exact) mass is 759 g/mol. The van der Waals surface area contributed by atoms with Crippen molar-refractivity contribution in [3.05, 3.63) is 168 Å². The van der Waals surface area contributed by atoms with Crippen molar-refractivity contribution in [1.82, 2.24) is 9.97 Å². The van der Waals surface area contributed by atoms with E-state index in [9.17, 15) is 0 Å². The molecule has 0 N–H and O–H groups in total. The predicted octanol–water partition coefficient (Wildman–Crippen LogP) is 10.4. The summed E-state index contributed by atoms with van der Waals surface area (Å²) in [5.74, 6) is 0. The average Bonchev–Trinajstić information content (AvgIpc) is 3.45. The van der Waals surface area contributed by atoms with Crippen LogP contribution in [0.2, 0.25) is 0 Å². The number of nitrogens with zero attached hydrogens (tertiary/aromatic N) is 2. The van der Waals surface area contributed by atoms with E-state index in [1.165, 1.54) is 27.6 Å². The zero-order valence-corrected chi connectivity index (χ0v) is 27.4. The molecule has 0 atom stereocenters. The van der Waals surface area contributed by atoms with Gasteiger partial charge in [0.25, 0.3) is 0 Å². The van der Waals surface area contributed by atoms with Crippen LogP contribution in [0.15, 0.2) is 138 Å². The largest absolute Gasteiger partial charge is 0.500 e. The normalized spacial score (nSPS) is 10.8. The summed E-state index contributed by atoms with van der Waals surface area (Å²) in [5, 5.41) is 4.54. The van der Waals surface area contributed by atoms with Gasteiger partial charge in [0.15, 0.2) is 0 Å². The molecule has 3 heterocycles. The molecule has 0 aliphatic rings. The van der Waals surface area contributed by atoms with Crippen molar-refractivity contribution in [3.63, 3.8) is 0 Å². The Morgan fingerprint density at radius 1 is 0.600 bits per heavy atom. The van der Waals surface area contributed by atoms with E-state index in [-0.39, 0.29) is 20.1 Å². The summed E-state index contributed by atoms with van der Waals surface area (Å²) < 4.78 is 6.21. The zero-order chi connectivity index (χ0) is 29.9. The second-order valence-corrected chi connectivity index (χ2v) is 11.1. The van der Waals surface area contributed by atoms with E-state index in [1.807, 2.05) is 49.6 Å². The molecule has 3 aromatic heterocycles. The van der Waals surface area contributed by atoms with Crippen molar-refractivity contribution in [3.8, 4) is 22.5 Å². The van der Waals surface area contributed by atoms with Crippen LogP contribution < -0.4 is 0 Å². The fourth-order valence-corrected chi connectivity index (χ4v) is 5.45. The fraction of sp³-hybridized carbons (Fsp3) is 0.0732. The Kier molecular flexibility index (Phi) is 8.98. The van der Waals surface area contributed by atoms with Crippen molar-refractivity contribution in [2.75, 3.05) is 0 Å². The standard InChI is InChI=1S/C28H18NO.C13H12N.Ir/c1-2-6-19(7-3-1)16-20-14-15-29-26(17-20)22-11-13-27-25(18-22)24-12-10-21-8-4-5-9-23(21)28(24)30-27;1-10-3-6-12(7-4-10)13-8-5-11(2)9-14-13;/h1-10,12-15,17-18H,16H2;3-6,8-9H,1-2H3;/q2*-1;. The van der Waals surface area contributed by atoms with Crippen LogP contribution in [0.5, 0.6) is 0 Å². The molecule has 8 aromatic rings. The minimum atomic E-state index is 0. The maximum Gasteiger partial charge on any atom is 0.128 e. The molecule has 0 bridgehead atoms. The van der Waals surface area contributed by atoms with Gasteiger partial charge < -0.3 is 14.4 Å². The van der Waals surface area contributed by atoms with Gasteiger partial charge in [0.05, 0.1) is 5.58 Å². The molecular formula is C41H30IrN2O-2. The number of fused-ring (bicyclic) bond motifs is 5. The zero-order valence-electron chi connectivity index (χ0n) is 25.0. The molecule has 4 heteroatoms. The summed E-state index contributed by atoms with van der Waals surface area (Å²) in [5.41, 5.74) is 10.7. The van der Waals surface area contributed by atoms with E-state index in [1.54, 1.807) is 0 Å². The molecule has 1 radical (unpaired) electrons. The van der Waals surface area contributed by atoms with Gasteiger partial charge in [-0.05, 0) is 52.9 Å². The Bertz CT molecular complexity index is 2160. The molecular weight excluding hydrogens is 729 g/mol. The number of aromatic nitrogens is 2. The Morgan fingerprint density at radius 2 is 1.40 bits per heavy atom. The molecule has 0 spiro atoms. The van der Waals surface area contributed by atoms with Gasteiger partial charge in [-0.25, -0.2) is 0 Å². The van der Waals surface area contributed by atoms with Gasteiger partial charge in [0, 0.05) is 43.3 Å². The Morgan fingerprint density at radius 3 is 2.20 bits per heavy atom. The molecule has 3 nitrogen and oxygen atoms in total. The third-order valence-corrected chi connectivity index (χ3v) is 7.80. The molecule has 5 aromatic carbocycles. The summed E-state index contributed by atoms with van der Waals surface area (Å²) in [6.45, 7) is 4.10. The number of aryl methyl sites for hydroxylation is 2. The van der Waals surface area contributed by atoms with Gasteiger partial charge in [0.2, 0.25) is 0 Å². The van der Waals surface area contributed by atoms with Gasteiger partial charge in [0.1, 0.15) is 5.58 Å². The van der Waals surface area contributed by atoms with E-state index in [0.717, 1.165) is 56.3 Å². The first-order valence-electron chi connectivity index (χ1n) is 14.8. The van der Waals surface area contributed by atoms with Crippen molar-refractivity contribution in [2.24, 2.45) is 0 Å². The predicted molar refractivity (Wildman–Crippen MR) is 181 cm³/mol. The van der Waals surface area contributed by atoms with Crippen LogP contribution in [0.25, 0.3) is 55.2 Å². The van der Waals surface area contributed by atoms with E-state index < -0.39 is 0 Å². The molecule has 0 unspecified atom stereocenters. The third-order valence-electron chi connectivity index (χ3n) is 7.80. The van der Waals surface area contributed by atoms with Crippen molar-refractivity contribution < 1.29 is 24.5 Å². The maximum atomic E-state index is 6.21. The number of pyridine rings is 2. The van der Waals surface area contributed by atoms with E-state index >= 15 is 0 Å². The van der Waals surface area contributed by atoms with Crippen LogP contribution in [-0.4, -0.2) is 9.97 Å². The SMILES string of the molecule is Cc1c[c-]c(-c2ccc(C)cn2)cc1.[Ir].[c-]1cc2oc3c4ccccc4ccc3c2cc1-c1cc(Cc2ccccc2)ccn1. The molecule has 0 aliphatic carbocycles. The van der Waals surface area contributed by atoms with Crippen LogP contribution in [0, 0.1) is 26.0 Å². The molecule has 0 saturated heterocycles. The number of hydrogen-bond donors (Lipinski definition) is 0. The number of benzene rings is 5. The van der Waals surface area contributed by atoms with Gasteiger partial charge in [-0.3, -0.25) is 0 Å². The number of hydrogen-bond acceptors (Lipinski definition) is 3. The molecule has 221 valence electrons. The second kappa shape index (κ2) is 13.4. The van der Waals surface area contributed by atoms with Crippen LogP contribution in [0.3, 0.4) is 0 Å². The third kappa shape index (κ3) is 6.63. The minimum absolute atomic E-state index is 0. The Hall–Kier alpha value is -4.89. The molecule has 8 rings (SSSR count). The fourth-order valence-electron chi connectivity index (χ4n) is 5.45. The first kappa shape index (κ1) is 30.1. The van der Waals surface area contributed by atoms with Crippen molar-refractivity contribution >= 4 is 32.7 Å². The van der Waals surface area contributed by atoms with E-state index in [2.05, 4.69) is 120 Å². The van der Waals surface area contributed by atoms with Gasteiger partial charge in [-0.2, -0.15) is 0 Å². The number of rotatable bonds is 4. The summed E-state index contributed by atoms with van der Waals surface area (Å²) in [6, 6.07) is 48.2. The van der Waals surface area contributed by atoms with E-state index in [4.69, 9.17) is 4.42 Å². The van der Waals surface area contributed by atoms with Crippen LogP contribution in [0.1, 0.15) is 22.3 Å².